The van der Waals surface area contributed by atoms with Gasteiger partial charge < -0.3 is 19.5 Å². The summed E-state index contributed by atoms with van der Waals surface area (Å²) in [6, 6.07) is 7.69. The van der Waals surface area contributed by atoms with Crippen LogP contribution in [0.4, 0.5) is 5.00 Å². The maximum atomic E-state index is 13.8. The molecule has 0 spiro atoms. The Morgan fingerprint density at radius 1 is 1.07 bits per heavy atom. The molecule has 3 heterocycles. The fourth-order valence-corrected chi connectivity index (χ4v) is 6.02. The lowest BCUT2D eigenvalue weighted by Crippen LogP contribution is -2.38. The van der Waals surface area contributed by atoms with Crippen molar-refractivity contribution < 1.29 is 33.4 Å². The minimum atomic E-state index is -1.16. The van der Waals surface area contributed by atoms with E-state index in [0.29, 0.717) is 35.0 Å². The quantitative estimate of drug-likeness (QED) is 0.277. The van der Waals surface area contributed by atoms with Gasteiger partial charge >= 0.3 is 17.9 Å². The number of carbonyl (C=O) groups is 4. The number of benzene rings is 1. The van der Waals surface area contributed by atoms with Gasteiger partial charge in [0.25, 0.3) is 5.91 Å². The Bertz CT molecular complexity index is 1500. The van der Waals surface area contributed by atoms with E-state index in [1.54, 1.807) is 20.8 Å². The Morgan fingerprint density at radius 2 is 1.80 bits per heavy atom. The van der Waals surface area contributed by atoms with Gasteiger partial charge in [0.05, 0.1) is 30.4 Å². The summed E-state index contributed by atoms with van der Waals surface area (Å²) >= 11 is 0.911. The van der Waals surface area contributed by atoms with Crippen LogP contribution in [-0.4, -0.2) is 66.1 Å². The number of anilines is 1. The van der Waals surface area contributed by atoms with Crippen LogP contribution in [0.1, 0.15) is 81.3 Å². The average Bonchev–Trinajstić information content (AvgIpc) is 3.28. The first-order chi connectivity index (χ1) is 19.6. The predicted molar refractivity (Wildman–Crippen MR) is 155 cm³/mol. The Morgan fingerprint density at radius 3 is 2.46 bits per heavy atom. The second-order valence-corrected chi connectivity index (χ2v) is 11.0. The zero-order valence-electron chi connectivity index (χ0n) is 24.2. The number of fused-ring (bicyclic) bond motifs is 2. The highest BCUT2D eigenvalue weighted by atomic mass is 32.1. The maximum Gasteiger partial charge on any atom is 0.348 e. The first-order valence-electron chi connectivity index (χ1n) is 13.7. The molecule has 10 nitrogen and oxygen atoms in total. The van der Waals surface area contributed by atoms with Gasteiger partial charge in [0, 0.05) is 42.2 Å². The third-order valence-corrected chi connectivity index (χ3v) is 8.34. The van der Waals surface area contributed by atoms with Crippen molar-refractivity contribution in [1.29, 1.82) is 0 Å². The van der Waals surface area contributed by atoms with E-state index in [1.165, 1.54) is 7.11 Å². The second kappa shape index (κ2) is 12.8. The number of hydrogen-bond donors (Lipinski definition) is 1. The molecule has 0 radical (unpaired) electrons. The lowest BCUT2D eigenvalue weighted by molar-refractivity contribution is -0.124. The minimum absolute atomic E-state index is 0.0538. The number of nitrogens with zero attached hydrogens (tertiary/aromatic N) is 2. The van der Waals surface area contributed by atoms with Gasteiger partial charge in [-0.1, -0.05) is 25.1 Å². The predicted octanol–water partition coefficient (Wildman–Crippen LogP) is 4.91. The number of esters is 3. The van der Waals surface area contributed by atoms with Crippen LogP contribution in [0.5, 0.6) is 0 Å². The Balaban J connectivity index is 1.66. The SMILES string of the molecule is CCOC(=O)c1sc(NC(=O)C(CC)OC(=O)c2c3c(nc4ccccc24)CCN(C(C)C)C3)c(C(=O)OC)c1C. The lowest BCUT2D eigenvalue weighted by Gasteiger charge is -2.32. The molecule has 1 aromatic carbocycles. The number of aromatic nitrogens is 1. The summed E-state index contributed by atoms with van der Waals surface area (Å²) in [5, 5.41) is 3.47. The van der Waals surface area contributed by atoms with Crippen LogP contribution in [0.25, 0.3) is 10.9 Å². The summed E-state index contributed by atoms with van der Waals surface area (Å²) in [6.07, 6.45) is -0.273. The lowest BCUT2D eigenvalue weighted by atomic mass is 9.95. The van der Waals surface area contributed by atoms with E-state index < -0.39 is 29.9 Å². The molecule has 2 aromatic heterocycles. The number of hydrogen-bond acceptors (Lipinski definition) is 10. The van der Waals surface area contributed by atoms with E-state index >= 15 is 0 Å². The third kappa shape index (κ3) is 6.11. The maximum absolute atomic E-state index is 13.8. The minimum Gasteiger partial charge on any atom is -0.465 e. The van der Waals surface area contributed by atoms with Crippen molar-refractivity contribution in [3.05, 3.63) is 57.1 Å². The molecule has 3 aromatic rings. The zero-order valence-corrected chi connectivity index (χ0v) is 25.0. The van der Waals surface area contributed by atoms with Crippen molar-refractivity contribution >= 4 is 51.1 Å². The first-order valence-corrected chi connectivity index (χ1v) is 14.5. The van der Waals surface area contributed by atoms with Gasteiger partial charge in [0.15, 0.2) is 6.10 Å². The van der Waals surface area contributed by atoms with Gasteiger partial charge in [-0.05, 0) is 45.7 Å². The smallest absolute Gasteiger partial charge is 0.348 e. The number of para-hydroxylation sites is 1. The normalized spacial score (nSPS) is 13.9. The number of carbonyl (C=O) groups excluding carboxylic acids is 4. The monoisotopic (exact) mass is 581 g/mol. The van der Waals surface area contributed by atoms with Crippen molar-refractivity contribution in [2.75, 3.05) is 25.6 Å². The van der Waals surface area contributed by atoms with Crippen LogP contribution >= 0.6 is 11.3 Å². The zero-order chi connectivity index (χ0) is 29.8. The van der Waals surface area contributed by atoms with Crippen LogP contribution in [0.2, 0.25) is 0 Å². The van der Waals surface area contributed by atoms with E-state index in [1.807, 2.05) is 24.3 Å². The second-order valence-electron chi connectivity index (χ2n) is 10.0. The Labute approximate surface area is 243 Å². The summed E-state index contributed by atoms with van der Waals surface area (Å²) in [4.78, 5) is 59.5. The van der Waals surface area contributed by atoms with Gasteiger partial charge in [-0.15, -0.1) is 11.3 Å². The molecule has 1 aliphatic heterocycles. The fourth-order valence-electron chi connectivity index (χ4n) is 4.93. The molecule has 0 fully saturated rings. The molecule has 0 aliphatic carbocycles. The van der Waals surface area contributed by atoms with Crippen molar-refractivity contribution in [2.45, 2.75) is 66.2 Å². The summed E-state index contributed by atoms with van der Waals surface area (Å²) in [6.45, 7) is 10.7. The Hall–Kier alpha value is -3.83. The summed E-state index contributed by atoms with van der Waals surface area (Å²) < 4.78 is 15.8. The summed E-state index contributed by atoms with van der Waals surface area (Å²) in [7, 11) is 1.21. The molecule has 1 aliphatic rings. The van der Waals surface area contributed by atoms with E-state index in [9.17, 15) is 19.2 Å². The van der Waals surface area contributed by atoms with Crippen LogP contribution in [0, 0.1) is 6.92 Å². The molecule has 0 saturated heterocycles. The molecule has 1 unspecified atom stereocenters. The topological polar surface area (TPSA) is 124 Å². The number of methoxy groups -OCH3 is 1. The Kier molecular flexibility index (Phi) is 9.39. The molecule has 1 N–H and O–H groups in total. The first kappa shape index (κ1) is 30.1. The molecule has 11 heteroatoms. The standard InChI is InChI=1S/C30H35N3O7S/c1-7-22(26(34)32-27-23(28(35)38-6)17(5)25(41-27)30(37)39-8-2)40-29(36)24-18-11-9-10-12-20(18)31-21-13-14-33(16(3)4)15-19(21)24/h9-12,16,22H,7-8,13-15H2,1-6H3,(H,32,34). The third-order valence-electron chi connectivity index (χ3n) is 7.16. The van der Waals surface area contributed by atoms with Gasteiger partial charge in [-0.2, -0.15) is 0 Å². The molecule has 1 atom stereocenters. The van der Waals surface area contributed by atoms with E-state index in [2.05, 4.69) is 24.1 Å². The molecule has 0 bridgehead atoms. The number of pyridine rings is 1. The van der Waals surface area contributed by atoms with Gasteiger partial charge in [0.1, 0.15) is 9.88 Å². The number of amides is 1. The van der Waals surface area contributed by atoms with Crippen LogP contribution < -0.4 is 5.32 Å². The van der Waals surface area contributed by atoms with E-state index in [0.717, 1.165) is 29.1 Å². The van der Waals surface area contributed by atoms with Crippen LogP contribution in [-0.2, 0) is 32.0 Å². The molecule has 218 valence electrons. The van der Waals surface area contributed by atoms with Gasteiger partial charge in [-0.25, -0.2) is 14.4 Å². The van der Waals surface area contributed by atoms with Crippen LogP contribution in [0.3, 0.4) is 0 Å². The van der Waals surface area contributed by atoms with Gasteiger partial charge in [0.2, 0.25) is 0 Å². The highest BCUT2D eigenvalue weighted by Gasteiger charge is 2.32. The molecular formula is C30H35N3O7S. The number of rotatable bonds is 9. The molecule has 1 amide bonds. The molecular weight excluding hydrogens is 546 g/mol. The van der Waals surface area contributed by atoms with Crippen molar-refractivity contribution in [2.24, 2.45) is 0 Å². The van der Waals surface area contributed by atoms with Crippen LogP contribution in [0.15, 0.2) is 24.3 Å². The summed E-state index contributed by atoms with van der Waals surface area (Å²) in [5.74, 6) is -2.56. The molecule has 4 rings (SSSR count). The number of nitrogens with one attached hydrogen (secondary N) is 1. The highest BCUT2D eigenvalue weighted by molar-refractivity contribution is 7.18. The largest absolute Gasteiger partial charge is 0.465 e. The van der Waals surface area contributed by atoms with Crippen molar-refractivity contribution in [1.82, 2.24) is 9.88 Å². The molecule has 0 saturated carbocycles. The van der Waals surface area contributed by atoms with E-state index in [4.69, 9.17) is 19.2 Å². The highest BCUT2D eigenvalue weighted by Crippen LogP contribution is 2.35. The van der Waals surface area contributed by atoms with Crippen molar-refractivity contribution in [3.8, 4) is 0 Å². The van der Waals surface area contributed by atoms with E-state index in [-0.39, 0.29) is 34.5 Å². The van der Waals surface area contributed by atoms with Gasteiger partial charge in [-0.3, -0.25) is 14.7 Å². The molecule has 41 heavy (non-hydrogen) atoms. The summed E-state index contributed by atoms with van der Waals surface area (Å²) in [5.41, 5.74) is 3.16. The van der Waals surface area contributed by atoms with Crippen molar-refractivity contribution in [3.63, 3.8) is 0 Å². The number of ether oxygens (including phenoxy) is 3. The average molecular weight is 582 g/mol. The number of thiophene rings is 1. The fraction of sp³-hybridized carbons (Fsp3) is 0.433.